The third kappa shape index (κ3) is 2.46. The molecule has 3 heteroatoms. The molecule has 1 heterocycles. The lowest BCUT2D eigenvalue weighted by Gasteiger charge is -2.08. The van der Waals surface area contributed by atoms with E-state index in [-0.39, 0.29) is 0 Å². The zero-order valence-corrected chi connectivity index (χ0v) is 8.99. The lowest BCUT2D eigenvalue weighted by molar-refractivity contribution is 0.482. The van der Waals surface area contributed by atoms with Crippen LogP contribution in [0.4, 0.5) is 0 Å². The maximum Gasteiger partial charge on any atom is 0.200 e. The molecule has 1 aliphatic rings. The summed E-state index contributed by atoms with van der Waals surface area (Å²) in [5.74, 6) is 0.410. The second-order valence-corrected chi connectivity index (χ2v) is 6.60. The molecule has 1 aliphatic heterocycles. The number of benzene rings is 1. The van der Waals surface area contributed by atoms with Gasteiger partial charge in [0.15, 0.2) is 0 Å². The van der Waals surface area contributed by atoms with Crippen molar-refractivity contribution in [1.82, 2.24) is 0 Å². The minimum absolute atomic E-state index is 0.410. The highest BCUT2D eigenvalue weighted by molar-refractivity contribution is 7.58. The Hall–Kier alpha value is -0.590. The monoisotopic (exact) mass is 210 g/mol. The van der Waals surface area contributed by atoms with E-state index in [0.29, 0.717) is 18.2 Å². The minimum Gasteiger partial charge on any atom is -0.344 e. The van der Waals surface area contributed by atoms with Gasteiger partial charge < -0.3 is 4.89 Å². The van der Waals surface area contributed by atoms with E-state index in [1.165, 1.54) is 5.56 Å². The molecule has 0 spiro atoms. The van der Waals surface area contributed by atoms with Crippen molar-refractivity contribution >= 4 is 7.37 Å². The van der Waals surface area contributed by atoms with Gasteiger partial charge in [-0.1, -0.05) is 30.3 Å². The van der Waals surface area contributed by atoms with Gasteiger partial charge in [0.1, 0.15) is 0 Å². The van der Waals surface area contributed by atoms with Crippen LogP contribution in [0.1, 0.15) is 12.0 Å². The van der Waals surface area contributed by atoms with E-state index in [1.807, 2.05) is 18.2 Å². The smallest absolute Gasteiger partial charge is 0.200 e. The van der Waals surface area contributed by atoms with Crippen molar-refractivity contribution in [3.05, 3.63) is 35.9 Å². The van der Waals surface area contributed by atoms with Crippen LogP contribution in [0.15, 0.2) is 30.3 Å². The van der Waals surface area contributed by atoms with Gasteiger partial charge in [-0.15, -0.1) is 0 Å². The molecule has 1 N–H and O–H groups in total. The molecule has 2 atom stereocenters. The first kappa shape index (κ1) is 9.95. The average molecular weight is 210 g/mol. The minimum atomic E-state index is -2.74. The third-order valence-corrected chi connectivity index (χ3v) is 4.84. The highest BCUT2D eigenvalue weighted by atomic mass is 31.2. The molecule has 2 rings (SSSR count). The van der Waals surface area contributed by atoms with Gasteiger partial charge in [-0.3, -0.25) is 4.57 Å². The molecular weight excluding hydrogens is 195 g/mol. The van der Waals surface area contributed by atoms with E-state index in [2.05, 4.69) is 12.1 Å². The SMILES string of the molecule is O=P1(O)CCC(Cc2ccccc2)C1. The van der Waals surface area contributed by atoms with E-state index in [1.54, 1.807) is 0 Å². The van der Waals surface area contributed by atoms with E-state index in [9.17, 15) is 9.46 Å². The fourth-order valence-corrected chi connectivity index (χ4v) is 4.15. The Morgan fingerprint density at radius 1 is 1.36 bits per heavy atom. The van der Waals surface area contributed by atoms with Crippen LogP contribution in [0, 0.1) is 5.92 Å². The molecule has 76 valence electrons. The summed E-state index contributed by atoms with van der Waals surface area (Å²) in [7, 11) is -2.74. The van der Waals surface area contributed by atoms with Gasteiger partial charge >= 0.3 is 0 Å². The molecular formula is C11H15O2P. The lowest BCUT2D eigenvalue weighted by atomic mass is 9.99. The Balaban J connectivity index is 1.98. The van der Waals surface area contributed by atoms with Crippen molar-refractivity contribution < 1.29 is 9.46 Å². The van der Waals surface area contributed by atoms with Gasteiger partial charge in [0.05, 0.1) is 0 Å². The van der Waals surface area contributed by atoms with Gasteiger partial charge in [0.2, 0.25) is 7.37 Å². The largest absolute Gasteiger partial charge is 0.344 e. The van der Waals surface area contributed by atoms with E-state index in [0.717, 1.165) is 12.8 Å². The van der Waals surface area contributed by atoms with Crippen LogP contribution >= 0.6 is 7.37 Å². The number of hydrogen-bond acceptors (Lipinski definition) is 1. The molecule has 2 nitrogen and oxygen atoms in total. The Kier molecular flexibility index (Phi) is 2.76. The summed E-state index contributed by atoms with van der Waals surface area (Å²) in [6, 6.07) is 10.2. The Morgan fingerprint density at radius 3 is 2.64 bits per heavy atom. The summed E-state index contributed by atoms with van der Waals surface area (Å²) < 4.78 is 11.4. The highest BCUT2D eigenvalue weighted by Gasteiger charge is 2.31. The van der Waals surface area contributed by atoms with E-state index < -0.39 is 7.37 Å². The maximum absolute atomic E-state index is 11.4. The van der Waals surface area contributed by atoms with Gasteiger partial charge in [-0.2, -0.15) is 0 Å². The topological polar surface area (TPSA) is 37.3 Å². The van der Waals surface area contributed by atoms with Crippen molar-refractivity contribution in [2.45, 2.75) is 12.8 Å². The van der Waals surface area contributed by atoms with Crippen LogP contribution in [-0.4, -0.2) is 17.2 Å². The molecule has 1 aromatic carbocycles. The van der Waals surface area contributed by atoms with Crippen molar-refractivity contribution in [2.24, 2.45) is 5.92 Å². The van der Waals surface area contributed by atoms with Crippen molar-refractivity contribution in [1.29, 1.82) is 0 Å². The van der Waals surface area contributed by atoms with E-state index >= 15 is 0 Å². The molecule has 0 aliphatic carbocycles. The normalized spacial score (nSPS) is 31.9. The van der Waals surface area contributed by atoms with E-state index in [4.69, 9.17) is 0 Å². The molecule has 2 unspecified atom stereocenters. The Labute approximate surface area is 84.4 Å². The van der Waals surface area contributed by atoms with Gasteiger partial charge in [-0.05, 0) is 24.3 Å². The molecule has 1 aromatic rings. The predicted octanol–water partition coefficient (Wildman–Crippen LogP) is 2.52. The summed E-state index contributed by atoms with van der Waals surface area (Å²) in [6.07, 6.45) is 2.89. The van der Waals surface area contributed by atoms with Crippen molar-refractivity contribution in [3.8, 4) is 0 Å². The first-order valence-corrected chi connectivity index (χ1v) is 7.03. The zero-order chi connectivity index (χ0) is 10.0. The molecule has 0 radical (unpaired) electrons. The van der Waals surface area contributed by atoms with Crippen molar-refractivity contribution in [2.75, 3.05) is 12.3 Å². The van der Waals surface area contributed by atoms with Gasteiger partial charge in [0.25, 0.3) is 0 Å². The first-order chi connectivity index (χ1) is 6.66. The fourth-order valence-electron chi connectivity index (χ4n) is 2.08. The van der Waals surface area contributed by atoms with Crippen molar-refractivity contribution in [3.63, 3.8) is 0 Å². The highest BCUT2D eigenvalue weighted by Crippen LogP contribution is 2.50. The van der Waals surface area contributed by atoms with Crippen LogP contribution < -0.4 is 0 Å². The van der Waals surface area contributed by atoms with Crippen LogP contribution in [-0.2, 0) is 11.0 Å². The maximum atomic E-state index is 11.4. The third-order valence-electron chi connectivity index (χ3n) is 2.80. The standard InChI is InChI=1S/C11H15O2P/c12-14(13)7-6-11(9-14)8-10-4-2-1-3-5-10/h1-5,11H,6-9H2,(H,12,13). The quantitative estimate of drug-likeness (QED) is 0.761. The first-order valence-electron chi connectivity index (χ1n) is 5.00. The molecule has 1 fully saturated rings. The lowest BCUT2D eigenvalue weighted by Crippen LogP contribution is -2.02. The molecule has 1 saturated heterocycles. The summed E-state index contributed by atoms with van der Waals surface area (Å²) >= 11 is 0. The van der Waals surface area contributed by atoms with Gasteiger partial charge in [-0.25, -0.2) is 0 Å². The summed E-state index contributed by atoms with van der Waals surface area (Å²) in [5.41, 5.74) is 1.28. The molecule has 0 bridgehead atoms. The van der Waals surface area contributed by atoms with Crippen LogP contribution in [0.5, 0.6) is 0 Å². The zero-order valence-electron chi connectivity index (χ0n) is 8.10. The fraction of sp³-hybridized carbons (Fsp3) is 0.455. The summed E-state index contributed by atoms with van der Waals surface area (Å²) in [5, 5.41) is 0. The van der Waals surface area contributed by atoms with Crippen LogP contribution in [0.3, 0.4) is 0 Å². The Morgan fingerprint density at radius 2 is 2.07 bits per heavy atom. The second-order valence-electron chi connectivity index (χ2n) is 4.10. The second kappa shape index (κ2) is 3.88. The Bertz CT molecular complexity index is 348. The van der Waals surface area contributed by atoms with Gasteiger partial charge in [0, 0.05) is 12.3 Å². The predicted molar refractivity (Wildman–Crippen MR) is 57.8 cm³/mol. The number of rotatable bonds is 2. The molecule has 0 saturated carbocycles. The molecule has 0 amide bonds. The molecule has 14 heavy (non-hydrogen) atoms. The van der Waals surface area contributed by atoms with Crippen LogP contribution in [0.2, 0.25) is 0 Å². The number of hydrogen-bond donors (Lipinski definition) is 1. The summed E-state index contributed by atoms with van der Waals surface area (Å²) in [4.78, 5) is 9.40. The average Bonchev–Trinajstić information content (AvgIpc) is 2.47. The van der Waals surface area contributed by atoms with Crippen LogP contribution in [0.25, 0.3) is 0 Å². The molecule has 0 aromatic heterocycles. The summed E-state index contributed by atoms with van der Waals surface area (Å²) in [6.45, 7) is 0.